The smallest absolute Gasteiger partial charge is 0.339 e. The van der Waals surface area contributed by atoms with Gasteiger partial charge >= 0.3 is 5.97 Å². The molecule has 0 aliphatic rings. The minimum atomic E-state index is -1.56. The second kappa shape index (κ2) is 5.14. The molecule has 0 bridgehead atoms. The van der Waals surface area contributed by atoms with Crippen LogP contribution in [0.15, 0.2) is 23.1 Å². The highest BCUT2D eigenvalue weighted by Crippen LogP contribution is 2.23. The van der Waals surface area contributed by atoms with Crippen molar-refractivity contribution in [3.63, 3.8) is 0 Å². The zero-order chi connectivity index (χ0) is 11.4. The molecule has 0 amide bonds. The molecule has 1 aromatic rings. The van der Waals surface area contributed by atoms with Crippen molar-refractivity contribution in [3.8, 4) is 0 Å². The first-order valence-electron chi connectivity index (χ1n) is 4.19. The molecule has 0 aliphatic carbocycles. The third-order valence-electron chi connectivity index (χ3n) is 1.93. The number of thioether (sulfide) groups is 1. The summed E-state index contributed by atoms with van der Waals surface area (Å²) in [7, 11) is 1.14. The fraction of sp³-hybridized carbons (Fsp3) is 0.300. The minimum absolute atomic E-state index is 0.0698. The van der Waals surface area contributed by atoms with E-state index in [1.165, 1.54) is 23.9 Å². The number of ether oxygens (including phenoxy) is 1. The Bertz CT molecular complexity index is 368. The van der Waals surface area contributed by atoms with Gasteiger partial charge in [0.2, 0.25) is 0 Å². The van der Waals surface area contributed by atoms with E-state index in [0.717, 1.165) is 12.0 Å². The summed E-state index contributed by atoms with van der Waals surface area (Å²) in [6, 6.07) is 4.28. The van der Waals surface area contributed by atoms with Crippen LogP contribution in [-0.4, -0.2) is 24.4 Å². The molecule has 15 heavy (non-hydrogen) atoms. The Balaban J connectivity index is 3.00. The maximum absolute atomic E-state index is 13.4. The molecule has 0 saturated carbocycles. The van der Waals surface area contributed by atoms with Gasteiger partial charge in [0.05, 0.1) is 7.11 Å². The van der Waals surface area contributed by atoms with Crippen molar-refractivity contribution in [2.24, 2.45) is 0 Å². The first kappa shape index (κ1) is 12.0. The van der Waals surface area contributed by atoms with Gasteiger partial charge in [-0.25, -0.2) is 9.18 Å². The lowest BCUT2D eigenvalue weighted by Gasteiger charge is -2.10. The van der Waals surface area contributed by atoms with Gasteiger partial charge in [0.25, 0.3) is 0 Å². The fourth-order valence-corrected chi connectivity index (χ4v) is 1.52. The zero-order valence-electron chi connectivity index (χ0n) is 8.36. The second-order valence-electron chi connectivity index (χ2n) is 2.81. The van der Waals surface area contributed by atoms with Crippen LogP contribution in [0, 0.1) is 5.82 Å². The Hall–Kier alpha value is -1.07. The number of aliphatic hydroxyl groups excluding tert-OH is 1. The van der Waals surface area contributed by atoms with E-state index >= 15 is 0 Å². The van der Waals surface area contributed by atoms with Crippen molar-refractivity contribution >= 4 is 17.7 Å². The molecule has 0 aromatic heterocycles. The predicted molar refractivity (Wildman–Crippen MR) is 55.2 cm³/mol. The molecule has 0 radical (unpaired) electrons. The molecule has 1 unspecified atom stereocenters. The van der Waals surface area contributed by atoms with Crippen molar-refractivity contribution in [2.75, 3.05) is 13.4 Å². The lowest BCUT2D eigenvalue weighted by atomic mass is 10.1. The van der Waals surface area contributed by atoms with Gasteiger partial charge in [0, 0.05) is 10.5 Å². The summed E-state index contributed by atoms with van der Waals surface area (Å²) in [5.74, 6) is -1.48. The van der Waals surface area contributed by atoms with Crippen LogP contribution < -0.4 is 0 Å². The number of halogens is 1. The highest BCUT2D eigenvalue weighted by molar-refractivity contribution is 7.98. The molecule has 0 aliphatic heterocycles. The van der Waals surface area contributed by atoms with E-state index in [1.807, 2.05) is 6.26 Å². The van der Waals surface area contributed by atoms with Gasteiger partial charge in [-0.3, -0.25) is 0 Å². The van der Waals surface area contributed by atoms with Crippen molar-refractivity contribution in [1.82, 2.24) is 0 Å². The molecule has 1 rings (SSSR count). The van der Waals surface area contributed by atoms with Crippen LogP contribution in [-0.2, 0) is 9.53 Å². The van der Waals surface area contributed by atoms with Gasteiger partial charge in [-0.05, 0) is 18.4 Å². The number of hydrogen-bond acceptors (Lipinski definition) is 4. The van der Waals surface area contributed by atoms with Crippen LogP contribution in [0.25, 0.3) is 0 Å². The number of methoxy groups -OCH3 is 1. The Morgan fingerprint density at radius 3 is 2.73 bits per heavy atom. The molecular weight excluding hydrogens is 219 g/mol. The van der Waals surface area contributed by atoms with Crippen molar-refractivity contribution in [2.45, 2.75) is 11.0 Å². The van der Waals surface area contributed by atoms with E-state index in [0.29, 0.717) is 0 Å². The average Bonchev–Trinajstić information content (AvgIpc) is 2.26. The number of aliphatic hydroxyl groups is 1. The summed E-state index contributed by atoms with van der Waals surface area (Å²) in [6.07, 6.45) is 0.247. The molecule has 5 heteroatoms. The Labute approximate surface area is 91.2 Å². The molecule has 0 heterocycles. The van der Waals surface area contributed by atoms with Crippen molar-refractivity contribution in [1.29, 1.82) is 0 Å². The number of benzene rings is 1. The number of rotatable bonds is 3. The van der Waals surface area contributed by atoms with Gasteiger partial charge in [0.15, 0.2) is 6.10 Å². The molecule has 82 valence electrons. The van der Waals surface area contributed by atoms with Crippen LogP contribution in [0.5, 0.6) is 0 Å². The Morgan fingerprint density at radius 1 is 1.60 bits per heavy atom. The molecule has 0 spiro atoms. The first-order chi connectivity index (χ1) is 7.10. The fourth-order valence-electron chi connectivity index (χ4n) is 1.10. The number of esters is 1. The SMILES string of the molecule is COC(=O)C(O)c1ccc(SC)cc1F. The lowest BCUT2D eigenvalue weighted by Crippen LogP contribution is -2.14. The summed E-state index contributed by atoms with van der Waals surface area (Å²) >= 11 is 1.38. The van der Waals surface area contributed by atoms with Gasteiger partial charge in [-0.15, -0.1) is 11.8 Å². The molecule has 1 atom stereocenters. The molecule has 1 N–H and O–H groups in total. The van der Waals surface area contributed by atoms with E-state index in [-0.39, 0.29) is 5.56 Å². The highest BCUT2D eigenvalue weighted by Gasteiger charge is 2.21. The summed E-state index contributed by atoms with van der Waals surface area (Å²) < 4.78 is 17.7. The topological polar surface area (TPSA) is 46.5 Å². The van der Waals surface area contributed by atoms with Crippen LogP contribution >= 0.6 is 11.8 Å². The zero-order valence-corrected chi connectivity index (χ0v) is 9.18. The minimum Gasteiger partial charge on any atom is -0.467 e. The second-order valence-corrected chi connectivity index (χ2v) is 3.69. The van der Waals surface area contributed by atoms with Gasteiger partial charge in [-0.2, -0.15) is 0 Å². The van der Waals surface area contributed by atoms with Crippen LogP contribution in [0.4, 0.5) is 4.39 Å². The predicted octanol–water partition coefficient (Wildman–Crippen LogP) is 1.75. The summed E-state index contributed by atoms with van der Waals surface area (Å²) in [4.78, 5) is 11.7. The molecule has 1 aromatic carbocycles. The molecule has 0 fully saturated rings. The van der Waals surface area contributed by atoms with E-state index in [9.17, 15) is 14.3 Å². The lowest BCUT2D eigenvalue weighted by molar-refractivity contribution is -0.150. The number of carbonyl (C=O) groups excluding carboxylic acids is 1. The standard InChI is InChI=1S/C10H11FO3S/c1-14-10(13)9(12)7-4-3-6(15-2)5-8(7)11/h3-5,9,12H,1-2H3. The Kier molecular flexibility index (Phi) is 4.11. The van der Waals surface area contributed by atoms with Crippen LogP contribution in [0.2, 0.25) is 0 Å². The third kappa shape index (κ3) is 2.70. The van der Waals surface area contributed by atoms with Crippen LogP contribution in [0.1, 0.15) is 11.7 Å². The third-order valence-corrected chi connectivity index (χ3v) is 2.65. The summed E-state index contributed by atoms with van der Waals surface area (Å²) in [5, 5.41) is 9.41. The maximum Gasteiger partial charge on any atom is 0.339 e. The molecule has 0 saturated heterocycles. The van der Waals surface area contributed by atoms with E-state index in [4.69, 9.17) is 0 Å². The molecular formula is C10H11FO3S. The van der Waals surface area contributed by atoms with Crippen molar-refractivity contribution < 1.29 is 19.0 Å². The maximum atomic E-state index is 13.4. The quantitative estimate of drug-likeness (QED) is 0.635. The highest BCUT2D eigenvalue weighted by atomic mass is 32.2. The van der Waals surface area contributed by atoms with Crippen LogP contribution in [0.3, 0.4) is 0 Å². The number of carbonyl (C=O) groups is 1. The Morgan fingerprint density at radius 2 is 2.27 bits per heavy atom. The van der Waals surface area contributed by atoms with Gasteiger partial charge in [0.1, 0.15) is 5.82 Å². The van der Waals surface area contributed by atoms with E-state index < -0.39 is 17.9 Å². The molecule has 3 nitrogen and oxygen atoms in total. The van der Waals surface area contributed by atoms with E-state index in [2.05, 4.69) is 4.74 Å². The summed E-state index contributed by atoms with van der Waals surface area (Å²) in [6.45, 7) is 0. The number of hydrogen-bond donors (Lipinski definition) is 1. The summed E-state index contributed by atoms with van der Waals surface area (Å²) in [5.41, 5.74) is -0.0698. The van der Waals surface area contributed by atoms with Crippen molar-refractivity contribution in [3.05, 3.63) is 29.6 Å². The van der Waals surface area contributed by atoms with Gasteiger partial charge in [-0.1, -0.05) is 6.07 Å². The normalized spacial score (nSPS) is 12.3. The monoisotopic (exact) mass is 230 g/mol. The van der Waals surface area contributed by atoms with Gasteiger partial charge < -0.3 is 9.84 Å². The largest absolute Gasteiger partial charge is 0.467 e. The first-order valence-corrected chi connectivity index (χ1v) is 5.42. The average molecular weight is 230 g/mol. The van der Waals surface area contributed by atoms with E-state index in [1.54, 1.807) is 6.07 Å².